The number of aliphatic hydroxyl groups excluding tert-OH is 2. The van der Waals surface area contributed by atoms with Crippen molar-refractivity contribution in [3.63, 3.8) is 0 Å². The van der Waals surface area contributed by atoms with Gasteiger partial charge in [-0.2, -0.15) is 5.10 Å². The van der Waals surface area contributed by atoms with Crippen molar-refractivity contribution in [3.05, 3.63) is 107 Å². The van der Waals surface area contributed by atoms with Gasteiger partial charge in [0.15, 0.2) is 5.75 Å². The SMILES string of the molecule is CO[C@H]1/C=C/O[C@@]2(C)Oc3c(C)c(O)c4c(O)c(c(/C=N\N5CCN(C6CCCC6)CC5)c(O)c4c3C2=O)NC(=O)/C(C)=C\C=C\[C@H](C)[C@H](O)[C@@H](C)[C@@H](O)[C@@H](C)[C@H](OC(C)=O)[C@@H]1C.NC(=O)c1cnccn1.NNC(=O)c1ccncc1. The molecule has 0 radical (unpaired) electrons. The number of methoxy groups -OCH3 is 1. The number of benzene rings is 2. The van der Waals surface area contributed by atoms with E-state index in [1.54, 1.807) is 52.0 Å². The summed E-state index contributed by atoms with van der Waals surface area (Å²) in [5.74, 6) is -4.25. The molecule has 4 aromatic rings. The van der Waals surface area contributed by atoms with E-state index in [1.165, 1.54) is 116 Å². The molecule has 3 amide bonds. The number of rotatable bonds is 7. The molecule has 1 saturated carbocycles. The average Bonchev–Trinajstić information content (AvgIpc) is 2.05. The molecular formula is C58H76N10O14. The second-order valence-corrected chi connectivity index (χ2v) is 21.0. The Hall–Kier alpha value is -8.03. The van der Waals surface area contributed by atoms with Crippen LogP contribution in [0.1, 0.15) is 116 Å². The Morgan fingerprint density at radius 1 is 0.890 bits per heavy atom. The number of amides is 3. The highest BCUT2D eigenvalue weighted by Gasteiger charge is 2.50. The monoisotopic (exact) mass is 1140 g/mol. The number of anilines is 1. The quantitative estimate of drug-likeness (QED) is 0.0226. The molecule has 0 unspecified atom stereocenters. The number of phenolic OH excluding ortho intramolecular Hbond substituents is 3. The number of nitrogens with zero attached hydrogens (tertiary/aromatic N) is 6. The Bertz CT molecular complexity index is 3060. The summed E-state index contributed by atoms with van der Waals surface area (Å²) < 4.78 is 23.7. The van der Waals surface area contributed by atoms with Crippen molar-refractivity contribution in [1.82, 2.24) is 30.3 Å². The van der Waals surface area contributed by atoms with Crippen LogP contribution >= 0.6 is 0 Å². The van der Waals surface area contributed by atoms with Gasteiger partial charge in [-0.15, -0.1) is 0 Å². The van der Waals surface area contributed by atoms with Crippen LogP contribution in [-0.4, -0.2) is 156 Å². The zero-order valence-corrected chi connectivity index (χ0v) is 47.6. The van der Waals surface area contributed by atoms with Crippen LogP contribution in [0.4, 0.5) is 5.69 Å². The van der Waals surface area contributed by atoms with Crippen molar-refractivity contribution in [3.8, 4) is 23.0 Å². The summed E-state index contributed by atoms with van der Waals surface area (Å²) in [5.41, 5.74) is 7.30. The number of aromatic hydroxyl groups is 3. The zero-order valence-electron chi connectivity index (χ0n) is 47.6. The van der Waals surface area contributed by atoms with Crippen LogP contribution in [0, 0.1) is 30.6 Å². The molecule has 2 aromatic carbocycles. The molecule has 2 fully saturated rings. The van der Waals surface area contributed by atoms with Gasteiger partial charge in [0, 0.05) is 124 Å². The van der Waals surface area contributed by atoms with E-state index in [1.807, 2.05) is 10.4 Å². The number of allylic oxidation sites excluding steroid dienone is 2. The molecule has 11 N–H and O–H groups in total. The fraction of sp³-hybridized carbons (Fsp3) is 0.466. The Labute approximate surface area is 475 Å². The number of pyridine rings is 1. The molecule has 6 heterocycles. The highest BCUT2D eigenvalue weighted by Crippen LogP contribution is 2.55. The third-order valence-electron chi connectivity index (χ3n) is 15.4. The number of nitrogens with one attached hydrogen (secondary N) is 2. The van der Waals surface area contributed by atoms with Gasteiger partial charge in [-0.1, -0.05) is 58.8 Å². The number of phenols is 3. The number of primary amides is 1. The smallest absolute Gasteiger partial charge is 0.312 e. The molecule has 24 heteroatoms. The number of nitrogens with two attached hydrogens (primary N) is 2. The first-order valence-electron chi connectivity index (χ1n) is 27.0. The Kier molecular flexibility index (Phi) is 21.6. The fourth-order valence-electron chi connectivity index (χ4n) is 10.5. The van der Waals surface area contributed by atoms with Crippen molar-refractivity contribution >= 4 is 52.1 Å². The topological polar surface area (TPSA) is 357 Å². The summed E-state index contributed by atoms with van der Waals surface area (Å²) in [5, 5.41) is 67.6. The number of nitrogen functional groups attached to an aromatic ring is 1. The number of Topliss-reactive ketones (excluding diaryl/α,β-unsaturated/α-hetero) is 1. The molecule has 9 rings (SSSR count). The molecule has 4 aliphatic heterocycles. The molecular weight excluding hydrogens is 1060 g/mol. The van der Waals surface area contributed by atoms with E-state index < -0.39 is 94.7 Å². The van der Waals surface area contributed by atoms with Gasteiger partial charge in [-0.05, 0) is 44.9 Å². The third kappa shape index (κ3) is 14.5. The first-order chi connectivity index (χ1) is 39.0. The summed E-state index contributed by atoms with van der Waals surface area (Å²) in [6, 6.07) is 3.72. The van der Waals surface area contributed by atoms with Crippen LogP contribution in [0.2, 0.25) is 0 Å². The van der Waals surface area contributed by atoms with E-state index in [-0.39, 0.29) is 56.1 Å². The lowest BCUT2D eigenvalue weighted by Gasteiger charge is -2.38. The molecule has 1 aliphatic carbocycles. The first kappa shape index (κ1) is 63.2. The molecule has 24 nitrogen and oxygen atoms in total. The summed E-state index contributed by atoms with van der Waals surface area (Å²) in [6.07, 6.45) is 17.0. The van der Waals surface area contributed by atoms with Crippen LogP contribution < -0.4 is 27.1 Å². The van der Waals surface area contributed by atoms with Crippen molar-refractivity contribution in [2.45, 2.75) is 117 Å². The molecule has 0 spiro atoms. The maximum absolute atomic E-state index is 14.5. The Morgan fingerprint density at radius 2 is 1.56 bits per heavy atom. The van der Waals surface area contributed by atoms with E-state index in [9.17, 15) is 49.5 Å². The summed E-state index contributed by atoms with van der Waals surface area (Å²) in [7, 11) is 1.44. The number of carbonyl (C=O) groups is 5. The molecule has 1 saturated heterocycles. The number of fused-ring (bicyclic) bond motifs is 14. The number of hydrogen-bond donors (Lipinski definition) is 9. The average molecular weight is 1140 g/mol. The maximum Gasteiger partial charge on any atom is 0.312 e. The number of hydrogen-bond acceptors (Lipinski definition) is 21. The summed E-state index contributed by atoms with van der Waals surface area (Å²) >= 11 is 0. The third-order valence-corrected chi connectivity index (χ3v) is 15.4. The lowest BCUT2D eigenvalue weighted by molar-refractivity contribution is -0.160. The first-order valence-corrected chi connectivity index (χ1v) is 27.0. The number of hydrazine groups is 1. The van der Waals surface area contributed by atoms with Gasteiger partial charge in [0.25, 0.3) is 23.5 Å². The largest absolute Gasteiger partial charge is 0.507 e. The predicted octanol–water partition coefficient (Wildman–Crippen LogP) is 4.91. The van der Waals surface area contributed by atoms with Gasteiger partial charge in [-0.3, -0.25) is 49.3 Å². The van der Waals surface area contributed by atoms with E-state index in [0.29, 0.717) is 24.7 Å². The Morgan fingerprint density at radius 3 is 2.15 bits per heavy atom. The highest BCUT2D eigenvalue weighted by molar-refractivity contribution is 6.24. The lowest BCUT2D eigenvalue weighted by atomic mass is 9.78. The van der Waals surface area contributed by atoms with Crippen molar-refractivity contribution < 1.29 is 68.5 Å². The predicted molar refractivity (Wildman–Crippen MR) is 303 cm³/mol. The Balaban J connectivity index is 0.000000477. The van der Waals surface area contributed by atoms with Gasteiger partial charge in [0.2, 0.25) is 0 Å². The minimum Gasteiger partial charge on any atom is -0.507 e. The normalized spacial score (nSPS) is 26.9. The van der Waals surface area contributed by atoms with Gasteiger partial charge < -0.3 is 55.5 Å². The molecule has 5 bridgehead atoms. The number of ether oxygens (including phenoxy) is 4. The minimum absolute atomic E-state index is 0.0631. The van der Waals surface area contributed by atoms with Gasteiger partial charge in [-0.25, -0.2) is 10.8 Å². The van der Waals surface area contributed by atoms with Crippen LogP contribution in [0.15, 0.2) is 84.4 Å². The van der Waals surface area contributed by atoms with E-state index >= 15 is 0 Å². The number of aliphatic hydroxyl groups is 2. The van der Waals surface area contributed by atoms with Crippen LogP contribution in [-0.2, 0) is 23.8 Å². The molecule has 82 heavy (non-hydrogen) atoms. The maximum atomic E-state index is 14.5. The summed E-state index contributed by atoms with van der Waals surface area (Å²) in [6.45, 7) is 15.4. The van der Waals surface area contributed by atoms with Crippen LogP contribution in [0.3, 0.4) is 0 Å². The number of carbonyl (C=O) groups excluding carboxylic acids is 5. The molecule has 5 aliphatic rings. The second-order valence-electron chi connectivity index (χ2n) is 21.0. The minimum atomic E-state index is -2.04. The number of piperazine rings is 1. The zero-order chi connectivity index (χ0) is 60.2. The van der Waals surface area contributed by atoms with Crippen LogP contribution in [0.25, 0.3) is 10.8 Å². The fourth-order valence-corrected chi connectivity index (χ4v) is 10.5. The van der Waals surface area contributed by atoms with Crippen molar-refractivity contribution in [2.24, 2.45) is 40.3 Å². The number of esters is 1. The van der Waals surface area contributed by atoms with E-state index in [0.717, 1.165) is 13.1 Å². The van der Waals surface area contributed by atoms with E-state index in [2.05, 4.69) is 30.3 Å². The second kappa shape index (κ2) is 28.1. The highest BCUT2D eigenvalue weighted by atomic mass is 16.7. The van der Waals surface area contributed by atoms with Gasteiger partial charge >= 0.3 is 11.8 Å². The van der Waals surface area contributed by atoms with Gasteiger partial charge in [0.05, 0.1) is 59.2 Å². The van der Waals surface area contributed by atoms with E-state index in [4.69, 9.17) is 30.5 Å². The van der Waals surface area contributed by atoms with Crippen LogP contribution in [0.5, 0.6) is 23.0 Å². The number of ketones is 1. The molecule has 442 valence electrons. The van der Waals surface area contributed by atoms with Crippen molar-refractivity contribution in [1.29, 1.82) is 0 Å². The number of aromatic nitrogens is 3. The standard InChI is InChI=1S/C47H64N4O12.C6H7N3O.C5H5N3O/c1-24-13-12-14-25(2)46(59)49-37-32(23-48-51-20-18-50(19-21-51)31-15-10-11-16-31)41(56)34-35(42(37)57)40(55)29(6)44-36(34)45(58)47(8,63-44)61-22-17-33(60-9)26(3)43(62-30(7)52)28(5)39(54)27(4)38(24)53;7-9-6(10)5-1-3-8-4-2-5;6-5(9)4-3-7-1-2-8-4/h12-14,17,22-24,26-28,31,33,38-39,43,53-57H,10-11,15-16,18-21H2,1-9H3,(H,49,59);1-4H,7H2,(H,9,10);1-3H,(H2,6,9)/b13-12+,22-17+,25-14-,48-23-;;/t24-,26+,27+,28+,33-,38-,39+,43+,47-;;/m0../s1. The molecule has 2 aromatic heterocycles. The van der Waals surface area contributed by atoms with Crippen molar-refractivity contribution in [2.75, 3.05) is 38.6 Å². The lowest BCUT2D eigenvalue weighted by Crippen LogP contribution is -2.47. The van der Waals surface area contributed by atoms with Gasteiger partial charge in [0.1, 0.15) is 29.0 Å². The molecule has 9 atom stereocenters. The number of hydrazone groups is 1. The summed E-state index contributed by atoms with van der Waals surface area (Å²) in [4.78, 5) is 75.3.